The largest absolute Gasteiger partial charge is 0.480 e. The van der Waals surface area contributed by atoms with Gasteiger partial charge in [-0.15, -0.1) is 0 Å². The average Bonchev–Trinajstić information content (AvgIpc) is 3.32. The lowest BCUT2D eigenvalue weighted by molar-refractivity contribution is -0.147. The van der Waals surface area contributed by atoms with Crippen LogP contribution in [0.2, 0.25) is 0 Å². The average molecular weight is 968 g/mol. The monoisotopic (exact) mass is 968 g/mol. The number of unbranched alkanes of at least 4 members (excludes halogenated alkanes) is 12. The smallest absolute Gasteiger partial charge is 0.472 e. The Morgan fingerprint density at radius 2 is 0.853 bits per heavy atom. The molecule has 0 aromatic heterocycles. The van der Waals surface area contributed by atoms with Crippen LogP contribution in [0.15, 0.2) is 122 Å². The topological polar surface area (TPSA) is 169 Å². The molecule has 68 heavy (non-hydrogen) atoms. The molecule has 0 aromatic carbocycles. The van der Waals surface area contributed by atoms with E-state index in [-0.39, 0.29) is 12.8 Å². The predicted octanol–water partition coefficient (Wildman–Crippen LogP) is 14.3. The van der Waals surface area contributed by atoms with Crippen molar-refractivity contribution in [3.63, 3.8) is 0 Å². The first-order chi connectivity index (χ1) is 33.1. The molecule has 0 fully saturated rings. The molecule has 0 aliphatic heterocycles. The van der Waals surface area contributed by atoms with Gasteiger partial charge in [0.05, 0.1) is 13.2 Å². The first kappa shape index (κ1) is 63.9. The minimum Gasteiger partial charge on any atom is -0.480 e. The van der Waals surface area contributed by atoms with Gasteiger partial charge in [-0.05, 0) is 109 Å². The molecule has 0 heterocycles. The van der Waals surface area contributed by atoms with Gasteiger partial charge in [-0.25, -0.2) is 9.36 Å². The summed E-state index contributed by atoms with van der Waals surface area (Å²) < 4.78 is 26.9. The normalized spacial score (nSPS) is 14.5. The number of aliphatic hydroxyl groups is 1. The molecule has 0 aromatic rings. The third-order valence-electron chi connectivity index (χ3n) is 10.2. The van der Waals surface area contributed by atoms with Gasteiger partial charge in [-0.3, -0.25) is 18.6 Å². The van der Waals surface area contributed by atoms with Gasteiger partial charge in [-0.1, -0.05) is 180 Å². The fraction of sp³-hybridized carbons (Fsp3) is 0.589. The molecule has 0 saturated heterocycles. The summed E-state index contributed by atoms with van der Waals surface area (Å²) in [5.74, 6) is -2.45. The van der Waals surface area contributed by atoms with Gasteiger partial charge in [0.25, 0.3) is 0 Å². The third kappa shape index (κ3) is 48.3. The van der Waals surface area contributed by atoms with Crippen LogP contribution in [0.4, 0.5) is 0 Å². The Hall–Kier alpha value is -4.12. The van der Waals surface area contributed by atoms with Crippen molar-refractivity contribution in [3.05, 3.63) is 122 Å². The van der Waals surface area contributed by atoms with E-state index in [2.05, 4.69) is 141 Å². The standard InChI is InChI=1S/C56H90NO10P/c1-3-5-7-9-11-13-15-17-19-21-23-25-26-28-29-31-33-35-37-39-41-43-45-47-54(59)57-53(56(61)62)51-67-68(63,64)66-50-52(58)49-65-55(60)48-46-44-42-40-38-36-34-32-30-27-24-22-20-18-16-14-12-10-8-6-4-2/h6,8,11-14,17-20,23-25,27-29,32,34,38,40,52-53,58H,3-5,7,9-10,15-16,21-22,26,30-31,33,35-37,39,41-51H2,1-2H3,(H,57,59)(H,61,62)(H,63,64)/b8-6-,13-11-,14-12-,19-17-,20-18-,25-23-,27-24-,29-28-,34-32-,40-38-. The second-order valence-corrected chi connectivity index (χ2v) is 18.1. The second kappa shape index (κ2) is 49.3. The molecule has 3 unspecified atom stereocenters. The van der Waals surface area contributed by atoms with Crippen LogP contribution in [-0.2, 0) is 32.7 Å². The maximum Gasteiger partial charge on any atom is 0.472 e. The van der Waals surface area contributed by atoms with E-state index in [0.717, 1.165) is 116 Å². The highest BCUT2D eigenvalue weighted by atomic mass is 31.2. The van der Waals surface area contributed by atoms with Crippen LogP contribution in [0.5, 0.6) is 0 Å². The second-order valence-electron chi connectivity index (χ2n) is 16.6. The number of phosphoric ester groups is 1. The minimum atomic E-state index is -4.79. The lowest BCUT2D eigenvalue weighted by Gasteiger charge is -2.18. The number of hydrogen-bond donors (Lipinski definition) is 4. The van der Waals surface area contributed by atoms with Gasteiger partial charge in [0.2, 0.25) is 5.91 Å². The highest BCUT2D eigenvalue weighted by Gasteiger charge is 2.28. The fourth-order valence-electron chi connectivity index (χ4n) is 6.30. The van der Waals surface area contributed by atoms with E-state index in [1.807, 2.05) is 0 Å². The van der Waals surface area contributed by atoms with Crippen LogP contribution >= 0.6 is 7.82 Å². The van der Waals surface area contributed by atoms with Crippen LogP contribution < -0.4 is 5.32 Å². The number of hydrogen-bond acceptors (Lipinski definition) is 8. The van der Waals surface area contributed by atoms with E-state index in [0.29, 0.717) is 12.8 Å². The maximum absolute atomic E-state index is 12.4. The van der Waals surface area contributed by atoms with Crippen LogP contribution in [0, 0.1) is 0 Å². The molecule has 1 amide bonds. The zero-order valence-electron chi connectivity index (χ0n) is 41.9. The number of aliphatic carboxylic acids is 1. The van der Waals surface area contributed by atoms with Crippen molar-refractivity contribution in [1.29, 1.82) is 0 Å². The van der Waals surface area contributed by atoms with Crippen LogP contribution in [0.1, 0.15) is 181 Å². The molecule has 11 nitrogen and oxygen atoms in total. The minimum absolute atomic E-state index is 0.123. The molecule has 0 saturated carbocycles. The molecule has 0 spiro atoms. The van der Waals surface area contributed by atoms with Gasteiger partial charge in [0.1, 0.15) is 12.7 Å². The van der Waals surface area contributed by atoms with Gasteiger partial charge in [0, 0.05) is 12.8 Å². The van der Waals surface area contributed by atoms with E-state index in [9.17, 15) is 34.1 Å². The highest BCUT2D eigenvalue weighted by molar-refractivity contribution is 7.47. The summed E-state index contributed by atoms with van der Waals surface area (Å²) in [4.78, 5) is 46.1. The lowest BCUT2D eigenvalue weighted by Crippen LogP contribution is -2.43. The Bertz CT molecular complexity index is 1610. The Morgan fingerprint density at radius 1 is 0.485 bits per heavy atom. The number of carbonyl (C=O) groups is 3. The van der Waals surface area contributed by atoms with Crippen molar-refractivity contribution >= 4 is 25.7 Å². The van der Waals surface area contributed by atoms with Crippen molar-refractivity contribution in [2.75, 3.05) is 19.8 Å². The zero-order valence-corrected chi connectivity index (χ0v) is 42.7. The summed E-state index contributed by atoms with van der Waals surface area (Å²) in [5, 5.41) is 21.9. The summed E-state index contributed by atoms with van der Waals surface area (Å²) in [5.41, 5.74) is 0. The number of ether oxygens (including phenoxy) is 1. The number of nitrogens with one attached hydrogen (secondary N) is 1. The van der Waals surface area contributed by atoms with Crippen molar-refractivity contribution in [2.24, 2.45) is 0 Å². The van der Waals surface area contributed by atoms with Crippen molar-refractivity contribution in [2.45, 2.75) is 193 Å². The molecule has 12 heteroatoms. The Labute approximate surface area is 411 Å². The summed E-state index contributed by atoms with van der Waals surface area (Å²) in [6.07, 6.45) is 66.4. The number of rotatable bonds is 46. The van der Waals surface area contributed by atoms with E-state index >= 15 is 0 Å². The SMILES string of the molecule is CC/C=C\C/C=C\C/C=C\C/C=C\C/C=C\C/C=C\CCCCC(=O)OCC(O)COP(=O)(O)OCC(NC(=O)CCCCCCCCC/C=C\C/C=C\C/C=C\C/C=C\CCCCC)C(=O)O. The Morgan fingerprint density at radius 3 is 1.29 bits per heavy atom. The number of esters is 1. The Balaban J connectivity index is 3.96. The molecule has 0 radical (unpaired) electrons. The molecule has 0 bridgehead atoms. The molecule has 4 N–H and O–H groups in total. The van der Waals surface area contributed by atoms with Crippen molar-refractivity contribution in [1.82, 2.24) is 5.32 Å². The zero-order chi connectivity index (χ0) is 49.9. The number of allylic oxidation sites excluding steroid dienone is 20. The lowest BCUT2D eigenvalue weighted by atomic mass is 10.1. The number of phosphoric acid groups is 1. The van der Waals surface area contributed by atoms with Crippen LogP contribution in [-0.4, -0.2) is 64.9 Å². The number of amides is 1. The molecular weight excluding hydrogens is 878 g/mol. The van der Waals surface area contributed by atoms with E-state index in [4.69, 9.17) is 13.8 Å². The molecule has 0 aliphatic carbocycles. The number of carboxylic acid groups (broad SMARTS) is 1. The maximum atomic E-state index is 12.4. The predicted molar refractivity (Wildman–Crippen MR) is 281 cm³/mol. The first-order valence-corrected chi connectivity index (χ1v) is 27.1. The summed E-state index contributed by atoms with van der Waals surface area (Å²) in [6, 6.07) is -1.57. The van der Waals surface area contributed by atoms with Gasteiger partial charge < -0.3 is 25.2 Å². The van der Waals surface area contributed by atoms with Gasteiger partial charge in [0.15, 0.2) is 6.04 Å². The van der Waals surface area contributed by atoms with E-state index in [1.54, 1.807) is 0 Å². The molecule has 3 atom stereocenters. The number of carbonyl (C=O) groups excluding carboxylic acids is 2. The van der Waals surface area contributed by atoms with Crippen molar-refractivity contribution in [3.8, 4) is 0 Å². The summed E-state index contributed by atoms with van der Waals surface area (Å²) in [7, 11) is -4.79. The quantitative estimate of drug-likeness (QED) is 0.0199. The summed E-state index contributed by atoms with van der Waals surface area (Å²) in [6.45, 7) is 2.40. The van der Waals surface area contributed by atoms with Crippen LogP contribution in [0.25, 0.3) is 0 Å². The fourth-order valence-corrected chi connectivity index (χ4v) is 7.07. The molecular formula is C56H90NO10P. The first-order valence-electron chi connectivity index (χ1n) is 25.6. The molecule has 0 aliphatic rings. The molecule has 0 rings (SSSR count). The van der Waals surface area contributed by atoms with Gasteiger partial charge in [-0.2, -0.15) is 0 Å². The van der Waals surface area contributed by atoms with Crippen molar-refractivity contribution < 1.29 is 47.8 Å². The number of aliphatic hydroxyl groups excluding tert-OH is 1. The number of carboxylic acids is 1. The van der Waals surface area contributed by atoms with E-state index < -0.39 is 57.6 Å². The summed E-state index contributed by atoms with van der Waals surface area (Å²) >= 11 is 0. The Kier molecular flexibility index (Phi) is 46.3. The highest BCUT2D eigenvalue weighted by Crippen LogP contribution is 2.43. The van der Waals surface area contributed by atoms with Gasteiger partial charge >= 0.3 is 19.8 Å². The van der Waals surface area contributed by atoms with Crippen LogP contribution in [0.3, 0.4) is 0 Å². The third-order valence-corrected chi connectivity index (χ3v) is 11.2. The van der Waals surface area contributed by atoms with E-state index in [1.165, 1.54) is 25.7 Å². The molecule has 384 valence electrons.